The lowest BCUT2D eigenvalue weighted by Gasteiger charge is -2.07. The van der Waals surface area contributed by atoms with Crippen LogP contribution in [0.1, 0.15) is 19.4 Å². The molecule has 1 aliphatic rings. The van der Waals surface area contributed by atoms with Crippen LogP contribution in [0.3, 0.4) is 0 Å². The lowest BCUT2D eigenvalue weighted by molar-refractivity contribution is -0.133. The number of aliphatic carboxylic acids is 1. The minimum absolute atomic E-state index is 0.0472. The van der Waals surface area contributed by atoms with Crippen molar-refractivity contribution in [2.75, 3.05) is 5.75 Å². The van der Waals surface area contributed by atoms with Crippen molar-refractivity contribution in [3.05, 3.63) is 22.7 Å². The van der Waals surface area contributed by atoms with Crippen molar-refractivity contribution in [1.29, 1.82) is 0 Å². The van der Waals surface area contributed by atoms with Crippen LogP contribution >= 0.6 is 27.7 Å². The zero-order valence-electron chi connectivity index (χ0n) is 10.3. The normalized spacial score (nSPS) is 21.8. The standard InChI is InChI=1S/C13H13BrN2O2S/c1-7-4-10(7)16-11-5-8(14)2-3-9(11)15-13(16)19-6-12(17)18/h2-3,5,7,10H,4,6H2,1H3,(H,17,18). The molecule has 1 heterocycles. The van der Waals surface area contributed by atoms with Gasteiger partial charge in [-0.05, 0) is 30.5 Å². The Morgan fingerprint density at radius 2 is 2.37 bits per heavy atom. The largest absolute Gasteiger partial charge is 0.481 e. The number of rotatable bonds is 4. The number of carboxylic acid groups (broad SMARTS) is 1. The highest BCUT2D eigenvalue weighted by Gasteiger charge is 2.37. The fourth-order valence-electron chi connectivity index (χ4n) is 2.25. The first-order valence-corrected chi connectivity index (χ1v) is 7.86. The zero-order chi connectivity index (χ0) is 13.6. The van der Waals surface area contributed by atoms with Crippen molar-refractivity contribution in [2.24, 2.45) is 5.92 Å². The molecule has 2 unspecified atom stereocenters. The van der Waals surface area contributed by atoms with E-state index in [1.807, 2.05) is 12.1 Å². The van der Waals surface area contributed by atoms with Crippen LogP contribution in [-0.4, -0.2) is 26.4 Å². The number of hydrogen-bond acceptors (Lipinski definition) is 3. The van der Waals surface area contributed by atoms with Gasteiger partial charge < -0.3 is 9.67 Å². The first-order chi connectivity index (χ1) is 9.06. The predicted octanol–water partition coefficient (Wildman–Crippen LogP) is 3.56. The number of carboxylic acids is 1. The summed E-state index contributed by atoms with van der Waals surface area (Å²) in [6.07, 6.45) is 1.14. The quantitative estimate of drug-likeness (QED) is 0.864. The minimum atomic E-state index is -0.811. The van der Waals surface area contributed by atoms with Crippen LogP contribution in [0.5, 0.6) is 0 Å². The first-order valence-electron chi connectivity index (χ1n) is 6.08. The molecule has 6 heteroatoms. The summed E-state index contributed by atoms with van der Waals surface area (Å²) < 4.78 is 3.21. The third-order valence-electron chi connectivity index (χ3n) is 3.34. The smallest absolute Gasteiger partial charge is 0.313 e. The molecule has 1 saturated carbocycles. The third-order valence-corrected chi connectivity index (χ3v) is 4.77. The molecule has 0 radical (unpaired) electrons. The zero-order valence-corrected chi connectivity index (χ0v) is 12.7. The van der Waals surface area contributed by atoms with Gasteiger partial charge >= 0.3 is 5.97 Å². The summed E-state index contributed by atoms with van der Waals surface area (Å²) in [6, 6.07) is 6.43. The molecule has 100 valence electrons. The topological polar surface area (TPSA) is 55.1 Å². The lowest BCUT2D eigenvalue weighted by atomic mass is 10.3. The van der Waals surface area contributed by atoms with Crippen LogP contribution in [-0.2, 0) is 4.79 Å². The molecule has 2 aromatic rings. The number of imidazole rings is 1. The number of thioether (sulfide) groups is 1. The summed E-state index contributed by atoms with van der Waals surface area (Å²) in [5.74, 6) is -0.125. The first kappa shape index (κ1) is 13.0. The Labute approximate surface area is 123 Å². The van der Waals surface area contributed by atoms with Crippen LogP contribution in [0.2, 0.25) is 0 Å². The van der Waals surface area contributed by atoms with E-state index in [1.165, 1.54) is 11.8 Å². The fraction of sp³-hybridized carbons (Fsp3) is 0.385. The maximum absolute atomic E-state index is 10.7. The van der Waals surface area contributed by atoms with Crippen molar-refractivity contribution >= 4 is 44.7 Å². The van der Waals surface area contributed by atoms with Gasteiger partial charge in [0.25, 0.3) is 0 Å². The number of benzene rings is 1. The molecule has 1 N–H and O–H groups in total. The van der Waals surface area contributed by atoms with Gasteiger partial charge in [0.15, 0.2) is 5.16 Å². The number of carbonyl (C=O) groups is 1. The van der Waals surface area contributed by atoms with Crippen molar-refractivity contribution in [1.82, 2.24) is 9.55 Å². The second-order valence-corrected chi connectivity index (χ2v) is 6.72. The van der Waals surface area contributed by atoms with E-state index in [1.54, 1.807) is 0 Å². The maximum atomic E-state index is 10.7. The van der Waals surface area contributed by atoms with E-state index >= 15 is 0 Å². The molecule has 19 heavy (non-hydrogen) atoms. The second-order valence-electron chi connectivity index (χ2n) is 4.86. The molecule has 1 aliphatic carbocycles. The Balaban J connectivity index is 2.06. The Kier molecular flexibility index (Phi) is 3.30. The molecular formula is C13H13BrN2O2S. The molecule has 0 saturated heterocycles. The van der Waals surface area contributed by atoms with Gasteiger partial charge in [0.05, 0.1) is 16.8 Å². The lowest BCUT2D eigenvalue weighted by Crippen LogP contribution is -2.02. The number of aromatic nitrogens is 2. The molecule has 1 aromatic heterocycles. The van der Waals surface area contributed by atoms with Gasteiger partial charge in [-0.3, -0.25) is 4.79 Å². The van der Waals surface area contributed by atoms with Gasteiger partial charge in [-0.2, -0.15) is 0 Å². The molecule has 3 rings (SSSR count). The van der Waals surface area contributed by atoms with Crippen LogP contribution < -0.4 is 0 Å². The highest BCUT2D eigenvalue weighted by Crippen LogP contribution is 2.46. The molecule has 0 spiro atoms. The number of nitrogens with zero attached hydrogens (tertiary/aromatic N) is 2. The van der Waals surface area contributed by atoms with Crippen LogP contribution in [0, 0.1) is 5.92 Å². The van der Waals surface area contributed by atoms with E-state index in [9.17, 15) is 4.79 Å². The Bertz CT molecular complexity index is 655. The molecule has 4 nitrogen and oxygen atoms in total. The van der Waals surface area contributed by atoms with Crippen LogP contribution in [0.25, 0.3) is 11.0 Å². The van der Waals surface area contributed by atoms with E-state index in [2.05, 4.69) is 38.5 Å². The van der Waals surface area contributed by atoms with Crippen molar-refractivity contribution in [3.63, 3.8) is 0 Å². The van der Waals surface area contributed by atoms with Crippen LogP contribution in [0.15, 0.2) is 27.8 Å². The van der Waals surface area contributed by atoms with Crippen LogP contribution in [0.4, 0.5) is 0 Å². The van der Waals surface area contributed by atoms with Crippen molar-refractivity contribution < 1.29 is 9.90 Å². The van der Waals surface area contributed by atoms with Crippen molar-refractivity contribution in [3.8, 4) is 0 Å². The van der Waals surface area contributed by atoms with Gasteiger partial charge in [-0.25, -0.2) is 4.98 Å². The maximum Gasteiger partial charge on any atom is 0.313 e. The number of fused-ring (bicyclic) bond motifs is 1. The van der Waals surface area contributed by atoms with E-state index in [0.717, 1.165) is 27.1 Å². The summed E-state index contributed by atoms with van der Waals surface area (Å²) >= 11 is 4.77. The number of hydrogen-bond donors (Lipinski definition) is 1. The summed E-state index contributed by atoms with van der Waals surface area (Å²) in [5, 5.41) is 9.64. The number of halogens is 1. The SMILES string of the molecule is CC1CC1n1c(SCC(=O)O)nc2ccc(Br)cc21. The average molecular weight is 341 g/mol. The molecule has 2 atom stereocenters. The summed E-state index contributed by atoms with van der Waals surface area (Å²) in [5.41, 5.74) is 2.01. The van der Waals surface area contributed by atoms with Gasteiger partial charge in [0.1, 0.15) is 0 Å². The highest BCUT2D eigenvalue weighted by molar-refractivity contribution is 9.10. The molecule has 1 fully saturated rings. The van der Waals surface area contributed by atoms with E-state index < -0.39 is 5.97 Å². The van der Waals surface area contributed by atoms with Crippen molar-refractivity contribution in [2.45, 2.75) is 24.5 Å². The molecular weight excluding hydrogens is 328 g/mol. The predicted molar refractivity (Wildman–Crippen MR) is 78.6 cm³/mol. The summed E-state index contributed by atoms with van der Waals surface area (Å²) in [4.78, 5) is 15.3. The Hall–Kier alpha value is -1.01. The molecule has 0 amide bonds. The minimum Gasteiger partial charge on any atom is -0.481 e. The third kappa shape index (κ3) is 2.51. The average Bonchev–Trinajstić information content (AvgIpc) is 2.95. The van der Waals surface area contributed by atoms with Gasteiger partial charge in [-0.1, -0.05) is 34.6 Å². The summed E-state index contributed by atoms with van der Waals surface area (Å²) in [7, 11) is 0. The second kappa shape index (κ2) is 4.83. The van der Waals surface area contributed by atoms with Gasteiger partial charge in [0.2, 0.25) is 0 Å². The monoisotopic (exact) mass is 340 g/mol. The Morgan fingerprint density at radius 3 is 3.00 bits per heavy atom. The molecule has 0 aliphatic heterocycles. The van der Waals surface area contributed by atoms with E-state index in [-0.39, 0.29) is 5.75 Å². The highest BCUT2D eigenvalue weighted by atomic mass is 79.9. The van der Waals surface area contributed by atoms with Gasteiger partial charge in [-0.15, -0.1) is 0 Å². The van der Waals surface area contributed by atoms with E-state index in [0.29, 0.717) is 12.0 Å². The molecule has 1 aromatic carbocycles. The Morgan fingerprint density at radius 1 is 1.63 bits per heavy atom. The summed E-state index contributed by atoms with van der Waals surface area (Å²) in [6.45, 7) is 2.21. The van der Waals surface area contributed by atoms with Gasteiger partial charge in [0, 0.05) is 10.5 Å². The fourth-order valence-corrected chi connectivity index (χ4v) is 3.39. The van der Waals surface area contributed by atoms with E-state index in [4.69, 9.17) is 5.11 Å². The molecule has 0 bridgehead atoms.